The van der Waals surface area contributed by atoms with Gasteiger partial charge in [0.15, 0.2) is 11.8 Å². The number of fused-ring (bicyclic) bond motifs is 1. The molecule has 266 valence electrons. The molecule has 3 aromatic rings. The van der Waals surface area contributed by atoms with Crippen molar-refractivity contribution in [3.63, 3.8) is 0 Å². The van der Waals surface area contributed by atoms with Gasteiger partial charge in [0.05, 0.1) is 17.5 Å². The minimum absolute atomic E-state index is 0.00744. The molecule has 0 bridgehead atoms. The number of carboxylic acids is 1. The zero-order valence-electron chi connectivity index (χ0n) is 27.5. The van der Waals surface area contributed by atoms with Gasteiger partial charge in [-0.1, -0.05) is 25.1 Å². The molecule has 2 aliphatic heterocycles. The van der Waals surface area contributed by atoms with E-state index >= 15 is 0 Å². The summed E-state index contributed by atoms with van der Waals surface area (Å²) >= 11 is 0. The predicted molar refractivity (Wildman–Crippen MR) is 173 cm³/mol. The van der Waals surface area contributed by atoms with E-state index in [1.807, 2.05) is 18.0 Å². The van der Waals surface area contributed by atoms with Crippen LogP contribution in [-0.2, 0) is 25.6 Å². The van der Waals surface area contributed by atoms with Crippen LogP contribution in [0.25, 0.3) is 11.0 Å². The van der Waals surface area contributed by atoms with Crippen LogP contribution in [0.4, 0.5) is 21.1 Å². The van der Waals surface area contributed by atoms with Gasteiger partial charge in [-0.2, -0.15) is 5.26 Å². The molecule has 7 atom stereocenters. The smallest absolute Gasteiger partial charge is 0.414 e. The molecule has 0 saturated carbocycles. The molecule has 1 unspecified atom stereocenters. The van der Waals surface area contributed by atoms with Crippen molar-refractivity contribution in [2.75, 3.05) is 37.4 Å². The van der Waals surface area contributed by atoms with Gasteiger partial charge in [0.25, 0.3) is 0 Å². The lowest BCUT2D eigenvalue weighted by molar-refractivity contribution is -0.277. The van der Waals surface area contributed by atoms with Crippen molar-refractivity contribution in [1.29, 1.82) is 5.26 Å². The number of likely N-dealkylation sites (tertiary alicyclic amines) is 1. The van der Waals surface area contributed by atoms with Gasteiger partial charge < -0.3 is 44.6 Å². The maximum Gasteiger partial charge on any atom is 0.414 e. The highest BCUT2D eigenvalue weighted by molar-refractivity contribution is 5.95. The lowest BCUT2D eigenvalue weighted by Crippen LogP contribution is -2.60. The monoisotopic (exact) mass is 694 g/mol. The van der Waals surface area contributed by atoms with Gasteiger partial charge in [-0.05, 0) is 30.0 Å². The number of aliphatic hydroxyl groups is 3. The Morgan fingerprint density at radius 2 is 1.84 bits per heavy atom. The Bertz CT molecular complexity index is 1800. The number of anilines is 2. The second-order valence-corrected chi connectivity index (χ2v) is 12.3. The molecule has 18 heteroatoms. The summed E-state index contributed by atoms with van der Waals surface area (Å²) in [6.07, 6.45) is -7.31. The average Bonchev–Trinajstić information content (AvgIpc) is 3.53. The minimum Gasteiger partial charge on any atom is -0.479 e. The van der Waals surface area contributed by atoms with Crippen molar-refractivity contribution >= 4 is 46.5 Å². The van der Waals surface area contributed by atoms with Crippen molar-refractivity contribution < 1.29 is 49.1 Å². The van der Waals surface area contributed by atoms with Crippen molar-refractivity contribution in [1.82, 2.24) is 24.3 Å². The Morgan fingerprint density at radius 1 is 1.10 bits per heavy atom. The van der Waals surface area contributed by atoms with E-state index < -0.39 is 48.8 Å². The molecule has 5 rings (SSSR count). The molecule has 0 aliphatic carbocycles. The highest BCUT2D eigenvalue weighted by Crippen LogP contribution is 2.30. The fourth-order valence-electron chi connectivity index (χ4n) is 6.17. The summed E-state index contributed by atoms with van der Waals surface area (Å²) in [7, 11) is 3.43. The lowest BCUT2D eigenvalue weighted by atomic mass is 9.92. The highest BCUT2D eigenvalue weighted by Gasteiger charge is 2.48. The van der Waals surface area contributed by atoms with E-state index in [2.05, 4.69) is 22.2 Å². The van der Waals surface area contributed by atoms with Crippen LogP contribution in [0.3, 0.4) is 0 Å². The SMILES string of the molecule is C[C@@H]1CCN(C(=O)CC#N)CC1N(C)c1ncnc2c1ccn2C(=O)N(C)Cc1ccccc1NC(=O)O[C@@H]1O[C@H](C(=O)O)[C@@H](O)[C@H](O)[C@H]1O. The third-order valence-electron chi connectivity index (χ3n) is 9.02. The third-order valence-corrected chi connectivity index (χ3v) is 9.02. The fourth-order valence-corrected chi connectivity index (χ4v) is 6.17. The maximum absolute atomic E-state index is 13.7. The number of benzene rings is 1. The Hall–Kier alpha value is -5.35. The molecule has 4 heterocycles. The zero-order chi connectivity index (χ0) is 36.3. The van der Waals surface area contributed by atoms with Gasteiger partial charge in [-0.25, -0.2) is 24.4 Å². The van der Waals surface area contributed by atoms with Crippen LogP contribution < -0.4 is 10.2 Å². The van der Waals surface area contributed by atoms with Gasteiger partial charge in [0, 0.05) is 45.6 Å². The van der Waals surface area contributed by atoms with Crippen molar-refractivity contribution in [3.8, 4) is 6.07 Å². The molecule has 1 aromatic carbocycles. The summed E-state index contributed by atoms with van der Waals surface area (Å²) in [6.45, 7) is 3.10. The first-order chi connectivity index (χ1) is 23.8. The molecular formula is C32H38N8O10. The summed E-state index contributed by atoms with van der Waals surface area (Å²) in [4.78, 5) is 64.2. The summed E-state index contributed by atoms with van der Waals surface area (Å²) in [5.41, 5.74) is 1.07. The van der Waals surface area contributed by atoms with E-state index in [0.29, 0.717) is 35.5 Å². The number of piperidine rings is 1. The molecule has 2 saturated heterocycles. The van der Waals surface area contributed by atoms with Gasteiger partial charge in [0.1, 0.15) is 36.9 Å². The Balaban J connectivity index is 1.28. The molecule has 2 fully saturated rings. The van der Waals surface area contributed by atoms with Gasteiger partial charge in [-0.15, -0.1) is 0 Å². The molecule has 5 N–H and O–H groups in total. The summed E-state index contributed by atoms with van der Waals surface area (Å²) in [5.74, 6) is -1.05. The van der Waals surface area contributed by atoms with E-state index in [9.17, 15) is 39.6 Å². The highest BCUT2D eigenvalue weighted by atomic mass is 16.7. The Morgan fingerprint density at radius 3 is 2.56 bits per heavy atom. The number of hydrogen-bond acceptors (Lipinski definition) is 13. The fraction of sp³-hybridized carbons (Fsp3) is 0.469. The number of aliphatic hydroxyl groups excluding tert-OH is 3. The topological polar surface area (TPSA) is 244 Å². The molecule has 50 heavy (non-hydrogen) atoms. The van der Waals surface area contributed by atoms with Crippen molar-refractivity contribution in [2.24, 2.45) is 5.92 Å². The number of nitrogens with zero attached hydrogens (tertiary/aromatic N) is 7. The molecule has 0 spiro atoms. The van der Waals surface area contributed by atoms with E-state index in [1.165, 1.54) is 21.9 Å². The number of amides is 3. The number of aromatic nitrogens is 3. The zero-order valence-corrected chi connectivity index (χ0v) is 27.5. The molecule has 2 aromatic heterocycles. The van der Waals surface area contributed by atoms with Crippen molar-refractivity contribution in [2.45, 2.75) is 63.1 Å². The number of hydrogen-bond donors (Lipinski definition) is 5. The quantitative estimate of drug-likeness (QED) is 0.216. The predicted octanol–water partition coefficient (Wildman–Crippen LogP) is 0.559. The summed E-state index contributed by atoms with van der Waals surface area (Å²) in [5, 5.41) is 51.4. The molecule has 3 amide bonds. The number of para-hydroxylation sites is 1. The number of nitrogens with one attached hydrogen (secondary N) is 1. The number of rotatable bonds is 8. The summed E-state index contributed by atoms with van der Waals surface area (Å²) in [6, 6.07) is 9.61. The van der Waals surface area contributed by atoms with Crippen LogP contribution in [-0.4, -0.2) is 133 Å². The minimum atomic E-state index is -1.95. The largest absolute Gasteiger partial charge is 0.479 e. The molecule has 2 aliphatic rings. The number of likely N-dealkylation sites (N-methyl/N-ethyl adjacent to an activating group) is 1. The molecule has 0 radical (unpaired) electrons. The number of nitriles is 1. The second-order valence-electron chi connectivity index (χ2n) is 12.3. The van der Waals surface area contributed by atoms with Crippen LogP contribution in [0.2, 0.25) is 0 Å². The maximum atomic E-state index is 13.7. The first-order valence-corrected chi connectivity index (χ1v) is 15.7. The normalized spacial score (nSPS) is 25.0. The van der Waals surface area contributed by atoms with E-state index in [-0.39, 0.29) is 36.5 Å². The van der Waals surface area contributed by atoms with Gasteiger partial charge in [-0.3, -0.25) is 14.7 Å². The second kappa shape index (κ2) is 15.0. The number of carbonyl (C=O) groups excluding carboxylic acids is 3. The average molecular weight is 695 g/mol. The van der Waals surface area contributed by atoms with Gasteiger partial charge >= 0.3 is 18.1 Å². The number of carboxylic acid groups (broad SMARTS) is 1. The number of aliphatic carboxylic acids is 1. The standard InChI is InChI=1S/C32H38N8O10/c1-17-9-12-39(22(41)8-11-33)15-21(17)38(3)27-19-10-13-40(28(19)35-16-34-27)32(48)37(2)14-18-6-4-5-7-20(18)36-31(47)50-30-25(44)23(42)24(43)26(49-30)29(45)46/h4-7,10,13,16-17,21,23-26,30,42-44H,8-9,12,14-15H2,1-3H3,(H,36,47)(H,45,46)/t17-,21?,23+,24+,25-,26+,30+/m1/s1. The van der Waals surface area contributed by atoms with E-state index in [1.54, 1.807) is 42.4 Å². The van der Waals surface area contributed by atoms with Crippen LogP contribution in [0.1, 0.15) is 25.3 Å². The van der Waals surface area contributed by atoms with Crippen LogP contribution in [0.5, 0.6) is 0 Å². The molecular weight excluding hydrogens is 656 g/mol. The molecule has 18 nitrogen and oxygen atoms in total. The third kappa shape index (κ3) is 7.30. The van der Waals surface area contributed by atoms with Gasteiger partial charge in [0.2, 0.25) is 12.2 Å². The van der Waals surface area contributed by atoms with Crippen molar-refractivity contribution in [3.05, 3.63) is 48.4 Å². The van der Waals surface area contributed by atoms with E-state index in [4.69, 9.17) is 14.7 Å². The van der Waals surface area contributed by atoms with Crippen LogP contribution >= 0.6 is 0 Å². The van der Waals surface area contributed by atoms with Crippen LogP contribution in [0.15, 0.2) is 42.9 Å². The van der Waals surface area contributed by atoms with Crippen LogP contribution in [0, 0.1) is 17.2 Å². The summed E-state index contributed by atoms with van der Waals surface area (Å²) < 4.78 is 11.4. The lowest BCUT2D eigenvalue weighted by Gasteiger charge is -2.42. The first-order valence-electron chi connectivity index (χ1n) is 15.7. The Labute approximate surface area is 286 Å². The Kier molecular flexibility index (Phi) is 10.8. The number of carbonyl (C=O) groups is 4. The van der Waals surface area contributed by atoms with E-state index in [0.717, 1.165) is 6.42 Å². The number of ether oxygens (including phenoxy) is 2. The first kappa shape index (κ1) is 35.9.